The number of nitrogens with zero attached hydrogens (tertiary/aromatic N) is 1. The van der Waals surface area contributed by atoms with Crippen LogP contribution in [-0.2, 0) is 4.79 Å². The van der Waals surface area contributed by atoms with Gasteiger partial charge >= 0.3 is 0 Å². The van der Waals surface area contributed by atoms with E-state index in [0.717, 1.165) is 12.8 Å². The zero-order valence-corrected chi connectivity index (χ0v) is 15.8. The van der Waals surface area contributed by atoms with Crippen molar-refractivity contribution in [2.75, 3.05) is 11.9 Å². The molecule has 7 heteroatoms. The van der Waals surface area contributed by atoms with Gasteiger partial charge in [-0.3, -0.25) is 24.1 Å². The number of hydrogen-bond acceptors (Lipinski definition) is 4. The van der Waals surface area contributed by atoms with Crippen LogP contribution in [0.4, 0.5) is 5.69 Å². The van der Waals surface area contributed by atoms with Crippen molar-refractivity contribution >= 4 is 29.3 Å². The normalized spacial score (nSPS) is 15.2. The van der Waals surface area contributed by atoms with Crippen LogP contribution >= 0.6 is 0 Å². The smallest absolute Gasteiger partial charge is 0.261 e. The van der Waals surface area contributed by atoms with Crippen LogP contribution in [-0.4, -0.2) is 41.1 Å². The standard InChI is InChI=1S/C22H21N3O4/c26-19(23-16-6-3-5-14(13-16)20(27)24-15-10-11-15)9-4-12-25-21(28)17-7-1-2-8-18(17)22(25)29/h1-3,5-8,13,15H,4,9-12H2,(H,23,26)(H,24,27). The predicted molar refractivity (Wildman–Crippen MR) is 107 cm³/mol. The summed E-state index contributed by atoms with van der Waals surface area (Å²) in [5.41, 5.74) is 1.85. The molecule has 29 heavy (non-hydrogen) atoms. The number of benzene rings is 2. The summed E-state index contributed by atoms with van der Waals surface area (Å²) in [6.07, 6.45) is 2.54. The highest BCUT2D eigenvalue weighted by atomic mass is 16.2. The fourth-order valence-electron chi connectivity index (χ4n) is 3.30. The number of nitrogens with one attached hydrogen (secondary N) is 2. The van der Waals surface area contributed by atoms with Crippen molar-refractivity contribution in [3.05, 3.63) is 65.2 Å². The monoisotopic (exact) mass is 391 g/mol. The number of fused-ring (bicyclic) bond motifs is 1. The van der Waals surface area contributed by atoms with Crippen LogP contribution in [0.1, 0.15) is 56.8 Å². The first-order valence-electron chi connectivity index (χ1n) is 9.69. The highest BCUT2D eigenvalue weighted by molar-refractivity contribution is 6.21. The van der Waals surface area contributed by atoms with E-state index in [1.165, 1.54) is 4.90 Å². The third kappa shape index (κ3) is 4.18. The number of hydrogen-bond donors (Lipinski definition) is 2. The minimum atomic E-state index is -0.319. The Labute approximate surface area is 168 Å². The Morgan fingerprint density at radius 3 is 2.31 bits per heavy atom. The molecule has 0 bridgehead atoms. The largest absolute Gasteiger partial charge is 0.349 e. The Kier molecular flexibility index (Phi) is 5.12. The van der Waals surface area contributed by atoms with Crippen molar-refractivity contribution < 1.29 is 19.2 Å². The Hall–Kier alpha value is -3.48. The Morgan fingerprint density at radius 2 is 1.66 bits per heavy atom. The van der Waals surface area contributed by atoms with E-state index in [4.69, 9.17) is 0 Å². The lowest BCUT2D eigenvalue weighted by molar-refractivity contribution is -0.116. The molecule has 0 radical (unpaired) electrons. The molecule has 1 fully saturated rings. The Balaban J connectivity index is 1.28. The predicted octanol–water partition coefficient (Wildman–Crippen LogP) is 2.59. The second-order valence-corrected chi connectivity index (χ2v) is 7.29. The maximum atomic E-state index is 12.3. The van der Waals surface area contributed by atoms with Crippen molar-refractivity contribution in [2.24, 2.45) is 0 Å². The fourth-order valence-corrected chi connectivity index (χ4v) is 3.30. The molecular weight excluding hydrogens is 370 g/mol. The Bertz CT molecular complexity index is 962. The van der Waals surface area contributed by atoms with E-state index in [0.29, 0.717) is 28.8 Å². The Morgan fingerprint density at radius 1 is 0.966 bits per heavy atom. The van der Waals surface area contributed by atoms with Crippen LogP contribution in [0.3, 0.4) is 0 Å². The summed E-state index contributed by atoms with van der Waals surface area (Å²) in [5.74, 6) is -1.02. The lowest BCUT2D eigenvalue weighted by Crippen LogP contribution is -2.31. The molecule has 4 amide bonds. The molecule has 0 atom stereocenters. The first-order chi connectivity index (χ1) is 14.0. The van der Waals surface area contributed by atoms with Crippen molar-refractivity contribution in [3.8, 4) is 0 Å². The topological polar surface area (TPSA) is 95.6 Å². The average molecular weight is 391 g/mol. The molecule has 7 nitrogen and oxygen atoms in total. The third-order valence-corrected chi connectivity index (χ3v) is 4.98. The van der Waals surface area contributed by atoms with Gasteiger partial charge in [-0.15, -0.1) is 0 Å². The van der Waals surface area contributed by atoms with Gasteiger partial charge < -0.3 is 10.6 Å². The zero-order valence-electron chi connectivity index (χ0n) is 15.8. The number of rotatable bonds is 7. The number of amides is 4. The van der Waals surface area contributed by atoms with Crippen LogP contribution in [0, 0.1) is 0 Å². The van der Waals surface area contributed by atoms with Gasteiger partial charge in [-0.1, -0.05) is 18.2 Å². The molecule has 148 valence electrons. The summed E-state index contributed by atoms with van der Waals surface area (Å²) in [5, 5.41) is 5.67. The first-order valence-corrected chi connectivity index (χ1v) is 9.69. The molecule has 0 spiro atoms. The van der Waals surface area contributed by atoms with E-state index < -0.39 is 0 Å². The molecular formula is C22H21N3O4. The second-order valence-electron chi connectivity index (χ2n) is 7.29. The molecule has 2 aromatic carbocycles. The van der Waals surface area contributed by atoms with Crippen LogP contribution < -0.4 is 10.6 Å². The van der Waals surface area contributed by atoms with Gasteiger partial charge in [0.15, 0.2) is 0 Å². The van der Waals surface area contributed by atoms with Crippen LogP contribution in [0.25, 0.3) is 0 Å². The maximum Gasteiger partial charge on any atom is 0.261 e. The summed E-state index contributed by atoms with van der Waals surface area (Å²) in [7, 11) is 0. The number of carbonyl (C=O) groups is 4. The van der Waals surface area contributed by atoms with E-state index >= 15 is 0 Å². The number of anilines is 1. The SMILES string of the molecule is O=C(CCCN1C(=O)c2ccccc2C1=O)Nc1cccc(C(=O)NC2CC2)c1. The van der Waals surface area contributed by atoms with E-state index in [-0.39, 0.29) is 42.6 Å². The number of imide groups is 1. The van der Waals surface area contributed by atoms with Gasteiger partial charge in [0, 0.05) is 30.3 Å². The maximum absolute atomic E-state index is 12.3. The molecule has 1 aliphatic carbocycles. The fraction of sp³-hybridized carbons (Fsp3) is 0.273. The number of carbonyl (C=O) groups excluding carboxylic acids is 4. The molecule has 1 heterocycles. The molecule has 0 aromatic heterocycles. The summed E-state index contributed by atoms with van der Waals surface area (Å²) in [6.45, 7) is 0.184. The summed E-state index contributed by atoms with van der Waals surface area (Å²) in [6, 6.07) is 13.8. The van der Waals surface area contributed by atoms with Gasteiger partial charge in [0.1, 0.15) is 0 Å². The van der Waals surface area contributed by atoms with Gasteiger partial charge in [0.2, 0.25) is 5.91 Å². The van der Waals surface area contributed by atoms with E-state index in [1.807, 2.05) is 0 Å². The van der Waals surface area contributed by atoms with Crippen molar-refractivity contribution in [1.82, 2.24) is 10.2 Å². The lowest BCUT2D eigenvalue weighted by atomic mass is 10.1. The molecule has 2 aromatic rings. The van der Waals surface area contributed by atoms with E-state index in [2.05, 4.69) is 10.6 Å². The van der Waals surface area contributed by atoms with Crippen LogP contribution in [0.15, 0.2) is 48.5 Å². The molecule has 0 saturated heterocycles. The lowest BCUT2D eigenvalue weighted by Gasteiger charge is -2.13. The minimum absolute atomic E-state index is 0.144. The van der Waals surface area contributed by atoms with Gasteiger partial charge in [-0.2, -0.15) is 0 Å². The van der Waals surface area contributed by atoms with E-state index in [1.54, 1.807) is 48.5 Å². The summed E-state index contributed by atoms with van der Waals surface area (Å²) >= 11 is 0. The van der Waals surface area contributed by atoms with Gasteiger partial charge in [-0.25, -0.2) is 0 Å². The third-order valence-electron chi connectivity index (χ3n) is 4.98. The molecule has 2 N–H and O–H groups in total. The highest BCUT2D eigenvalue weighted by Crippen LogP contribution is 2.23. The first kappa shape index (κ1) is 18.9. The summed E-state index contributed by atoms with van der Waals surface area (Å²) < 4.78 is 0. The molecule has 4 rings (SSSR count). The highest BCUT2D eigenvalue weighted by Gasteiger charge is 2.34. The molecule has 0 unspecified atom stereocenters. The summed E-state index contributed by atoms with van der Waals surface area (Å²) in [4.78, 5) is 50.2. The van der Waals surface area contributed by atoms with Gasteiger partial charge in [0.05, 0.1) is 11.1 Å². The molecule has 2 aliphatic rings. The molecule has 1 aliphatic heterocycles. The molecule has 1 saturated carbocycles. The van der Waals surface area contributed by atoms with Crippen molar-refractivity contribution in [1.29, 1.82) is 0 Å². The van der Waals surface area contributed by atoms with Gasteiger partial charge in [0.25, 0.3) is 17.7 Å². The van der Waals surface area contributed by atoms with E-state index in [9.17, 15) is 19.2 Å². The van der Waals surface area contributed by atoms with Crippen LogP contribution in [0.5, 0.6) is 0 Å². The minimum Gasteiger partial charge on any atom is -0.349 e. The quantitative estimate of drug-likeness (QED) is 0.709. The van der Waals surface area contributed by atoms with Crippen molar-refractivity contribution in [2.45, 2.75) is 31.7 Å². The van der Waals surface area contributed by atoms with Crippen molar-refractivity contribution in [3.63, 3.8) is 0 Å². The average Bonchev–Trinajstić information content (AvgIpc) is 3.50. The van der Waals surface area contributed by atoms with Crippen LogP contribution in [0.2, 0.25) is 0 Å². The second kappa shape index (κ2) is 7.87. The van der Waals surface area contributed by atoms with Gasteiger partial charge in [-0.05, 0) is 49.6 Å². The zero-order chi connectivity index (χ0) is 20.4.